The van der Waals surface area contributed by atoms with Crippen molar-refractivity contribution in [2.24, 2.45) is 0 Å². The van der Waals surface area contributed by atoms with Gasteiger partial charge in [-0.3, -0.25) is 0 Å². The first-order chi connectivity index (χ1) is 8.16. The van der Waals surface area contributed by atoms with Crippen molar-refractivity contribution in [1.29, 1.82) is 0 Å². The fourth-order valence-electron chi connectivity index (χ4n) is 1.64. The average molecular weight is 316 g/mol. The van der Waals surface area contributed by atoms with E-state index in [2.05, 4.69) is 21.2 Å². The molecule has 0 saturated carbocycles. The summed E-state index contributed by atoms with van der Waals surface area (Å²) in [5, 5.41) is 2.78. The highest BCUT2D eigenvalue weighted by atomic mass is 79.9. The predicted molar refractivity (Wildman–Crippen MR) is 74.3 cm³/mol. The Morgan fingerprint density at radius 3 is 3.00 bits per heavy atom. The van der Waals surface area contributed by atoms with Crippen molar-refractivity contribution in [3.63, 3.8) is 0 Å². The fourth-order valence-corrected chi connectivity index (χ4v) is 2.94. The van der Waals surface area contributed by atoms with Crippen LogP contribution in [0.1, 0.15) is 0 Å². The van der Waals surface area contributed by atoms with Crippen LogP contribution in [0.5, 0.6) is 0 Å². The number of hydrogen-bond acceptors (Lipinski definition) is 3. The van der Waals surface area contributed by atoms with Gasteiger partial charge in [-0.1, -0.05) is 15.9 Å². The van der Waals surface area contributed by atoms with Crippen LogP contribution in [0.3, 0.4) is 0 Å². The standard InChI is InChI=1S/C11H14BrN3OS/c12-8-1-2-10(9(13)7-8)17-6-5-15-4-3-14-11(15)16/h1-2,7H,3-6,13H2,(H,14,16). The number of urea groups is 1. The summed E-state index contributed by atoms with van der Waals surface area (Å²) in [7, 11) is 0. The lowest BCUT2D eigenvalue weighted by atomic mass is 10.3. The van der Waals surface area contributed by atoms with E-state index >= 15 is 0 Å². The van der Waals surface area contributed by atoms with Gasteiger partial charge in [0.1, 0.15) is 0 Å². The van der Waals surface area contributed by atoms with E-state index < -0.39 is 0 Å². The number of carbonyl (C=O) groups excluding carboxylic acids is 1. The second-order valence-electron chi connectivity index (χ2n) is 3.75. The Labute approximate surface area is 113 Å². The summed E-state index contributed by atoms with van der Waals surface area (Å²) in [4.78, 5) is 14.2. The van der Waals surface area contributed by atoms with Gasteiger partial charge in [0.15, 0.2) is 0 Å². The molecular formula is C11H14BrN3OS. The summed E-state index contributed by atoms with van der Waals surface area (Å²) >= 11 is 5.05. The molecule has 0 aliphatic carbocycles. The van der Waals surface area contributed by atoms with Crippen molar-refractivity contribution in [3.05, 3.63) is 22.7 Å². The SMILES string of the molecule is Nc1cc(Br)ccc1SCCN1CCNC1=O. The molecule has 1 heterocycles. The number of nitrogens with one attached hydrogen (secondary N) is 1. The lowest BCUT2D eigenvalue weighted by Gasteiger charge is -2.13. The number of thioether (sulfide) groups is 1. The molecule has 1 saturated heterocycles. The molecule has 3 N–H and O–H groups in total. The quantitative estimate of drug-likeness (QED) is 0.661. The Hall–Kier alpha value is -0.880. The summed E-state index contributed by atoms with van der Waals surface area (Å²) in [5.74, 6) is 0.860. The molecule has 92 valence electrons. The normalized spacial score (nSPS) is 15.1. The maximum absolute atomic E-state index is 11.3. The molecule has 1 aliphatic heterocycles. The number of halogens is 1. The van der Waals surface area contributed by atoms with Crippen molar-refractivity contribution in [2.45, 2.75) is 4.90 Å². The maximum atomic E-state index is 11.3. The van der Waals surface area contributed by atoms with E-state index in [9.17, 15) is 4.79 Å². The van der Waals surface area contributed by atoms with E-state index in [0.29, 0.717) is 0 Å². The highest BCUT2D eigenvalue weighted by molar-refractivity contribution is 9.10. The van der Waals surface area contributed by atoms with Gasteiger partial charge in [-0.05, 0) is 18.2 Å². The van der Waals surface area contributed by atoms with E-state index in [1.165, 1.54) is 0 Å². The lowest BCUT2D eigenvalue weighted by molar-refractivity contribution is 0.220. The third kappa shape index (κ3) is 3.29. The van der Waals surface area contributed by atoms with E-state index in [-0.39, 0.29) is 6.03 Å². The van der Waals surface area contributed by atoms with Crippen molar-refractivity contribution >= 4 is 39.4 Å². The largest absolute Gasteiger partial charge is 0.398 e. The van der Waals surface area contributed by atoms with Crippen molar-refractivity contribution in [1.82, 2.24) is 10.2 Å². The molecule has 0 radical (unpaired) electrons. The zero-order chi connectivity index (χ0) is 12.3. The van der Waals surface area contributed by atoms with E-state index in [1.807, 2.05) is 23.1 Å². The van der Waals surface area contributed by atoms with Crippen molar-refractivity contribution in [3.8, 4) is 0 Å². The van der Waals surface area contributed by atoms with Gasteiger partial charge in [-0.2, -0.15) is 0 Å². The van der Waals surface area contributed by atoms with E-state index in [4.69, 9.17) is 5.73 Å². The highest BCUT2D eigenvalue weighted by Gasteiger charge is 2.18. The molecule has 1 aliphatic rings. The molecule has 0 bridgehead atoms. The van der Waals surface area contributed by atoms with Crippen LogP contribution in [0.15, 0.2) is 27.6 Å². The maximum Gasteiger partial charge on any atom is 0.317 e. The molecule has 1 fully saturated rings. The number of nitrogens with zero attached hydrogens (tertiary/aromatic N) is 1. The van der Waals surface area contributed by atoms with Gasteiger partial charge in [0, 0.05) is 40.4 Å². The second-order valence-corrected chi connectivity index (χ2v) is 5.80. The molecule has 2 amide bonds. The minimum absolute atomic E-state index is 0.0365. The molecule has 1 aromatic rings. The van der Waals surface area contributed by atoms with Crippen LogP contribution in [0.4, 0.5) is 10.5 Å². The monoisotopic (exact) mass is 315 g/mol. The lowest BCUT2D eigenvalue weighted by Crippen LogP contribution is -2.30. The second kappa shape index (κ2) is 5.64. The summed E-state index contributed by atoms with van der Waals surface area (Å²) in [6.07, 6.45) is 0. The van der Waals surface area contributed by atoms with Crippen LogP contribution in [-0.4, -0.2) is 36.3 Å². The van der Waals surface area contributed by atoms with Gasteiger partial charge in [0.05, 0.1) is 0 Å². The Morgan fingerprint density at radius 1 is 1.53 bits per heavy atom. The first kappa shape index (κ1) is 12.6. The number of anilines is 1. The number of benzene rings is 1. The Bertz CT molecular complexity index is 427. The minimum atomic E-state index is 0.0365. The van der Waals surface area contributed by atoms with Gasteiger partial charge in [-0.25, -0.2) is 4.79 Å². The summed E-state index contributed by atoms with van der Waals surface area (Å²) in [6.45, 7) is 2.31. The van der Waals surface area contributed by atoms with Gasteiger partial charge in [0.2, 0.25) is 0 Å². The number of carbonyl (C=O) groups is 1. The molecule has 4 nitrogen and oxygen atoms in total. The van der Waals surface area contributed by atoms with Gasteiger partial charge >= 0.3 is 6.03 Å². The first-order valence-electron chi connectivity index (χ1n) is 5.37. The van der Waals surface area contributed by atoms with Crippen LogP contribution in [0.25, 0.3) is 0 Å². The number of amides is 2. The van der Waals surface area contributed by atoms with Crippen molar-refractivity contribution in [2.75, 3.05) is 31.1 Å². The Balaban J connectivity index is 1.83. The van der Waals surface area contributed by atoms with Crippen LogP contribution >= 0.6 is 27.7 Å². The Kier molecular flexibility index (Phi) is 4.17. The molecular weight excluding hydrogens is 302 g/mol. The molecule has 0 spiro atoms. The summed E-state index contributed by atoms with van der Waals surface area (Å²) in [5.41, 5.74) is 6.67. The molecule has 0 aromatic heterocycles. The van der Waals surface area contributed by atoms with E-state index in [0.717, 1.165) is 40.4 Å². The zero-order valence-electron chi connectivity index (χ0n) is 9.28. The number of nitrogen functional groups attached to an aromatic ring is 1. The Morgan fingerprint density at radius 2 is 2.35 bits per heavy atom. The van der Waals surface area contributed by atoms with Gasteiger partial charge < -0.3 is 16.0 Å². The first-order valence-corrected chi connectivity index (χ1v) is 7.15. The molecule has 2 rings (SSSR count). The molecule has 17 heavy (non-hydrogen) atoms. The summed E-state index contributed by atoms with van der Waals surface area (Å²) < 4.78 is 0.985. The van der Waals surface area contributed by atoms with Gasteiger partial charge in [0.25, 0.3) is 0 Å². The highest BCUT2D eigenvalue weighted by Crippen LogP contribution is 2.27. The topological polar surface area (TPSA) is 58.4 Å². The number of nitrogens with two attached hydrogens (primary N) is 1. The molecule has 0 atom stereocenters. The smallest absolute Gasteiger partial charge is 0.317 e. The summed E-state index contributed by atoms with van der Waals surface area (Å²) in [6, 6.07) is 5.90. The molecule has 6 heteroatoms. The predicted octanol–water partition coefficient (Wildman–Crippen LogP) is 2.15. The number of rotatable bonds is 4. The average Bonchev–Trinajstić information content (AvgIpc) is 2.68. The van der Waals surface area contributed by atoms with E-state index in [1.54, 1.807) is 11.8 Å². The van der Waals surface area contributed by atoms with Gasteiger partial charge in [-0.15, -0.1) is 11.8 Å². The zero-order valence-corrected chi connectivity index (χ0v) is 11.7. The minimum Gasteiger partial charge on any atom is -0.398 e. The van der Waals surface area contributed by atoms with Crippen LogP contribution in [-0.2, 0) is 0 Å². The van der Waals surface area contributed by atoms with Crippen molar-refractivity contribution < 1.29 is 4.79 Å². The van der Waals surface area contributed by atoms with Crippen LogP contribution in [0, 0.1) is 0 Å². The third-order valence-corrected chi connectivity index (χ3v) is 4.10. The number of hydrogen-bond donors (Lipinski definition) is 2. The molecule has 0 unspecified atom stereocenters. The fraction of sp³-hybridized carbons (Fsp3) is 0.364. The van der Waals surface area contributed by atoms with Crippen LogP contribution in [0.2, 0.25) is 0 Å². The van der Waals surface area contributed by atoms with Crippen LogP contribution < -0.4 is 11.1 Å². The molecule has 1 aromatic carbocycles. The third-order valence-electron chi connectivity index (χ3n) is 2.54.